The molecule has 0 unspecified atom stereocenters. The van der Waals surface area contributed by atoms with Gasteiger partial charge in [-0.2, -0.15) is 0 Å². The van der Waals surface area contributed by atoms with Gasteiger partial charge in [-0.05, 0) is 37.5 Å². The summed E-state index contributed by atoms with van der Waals surface area (Å²) in [6.45, 7) is 3.16. The highest BCUT2D eigenvalue weighted by atomic mass is 19.1. The van der Waals surface area contributed by atoms with Crippen molar-refractivity contribution in [2.24, 2.45) is 0 Å². The van der Waals surface area contributed by atoms with Gasteiger partial charge in [0.2, 0.25) is 5.91 Å². The Morgan fingerprint density at radius 3 is 2.63 bits per heavy atom. The number of hydrogen-bond acceptors (Lipinski definition) is 2. The number of carbonyl (C=O) groups is 2. The van der Waals surface area contributed by atoms with E-state index in [1.807, 2.05) is 0 Å². The second kappa shape index (κ2) is 5.82. The lowest BCUT2D eigenvalue weighted by Gasteiger charge is -2.15. The van der Waals surface area contributed by atoms with Gasteiger partial charge < -0.3 is 10.2 Å². The lowest BCUT2D eigenvalue weighted by atomic mass is 10.1. The Morgan fingerprint density at radius 1 is 1.32 bits per heavy atom. The molecule has 0 atom stereocenters. The van der Waals surface area contributed by atoms with E-state index in [9.17, 15) is 14.0 Å². The molecule has 1 aromatic rings. The van der Waals surface area contributed by atoms with Crippen molar-refractivity contribution >= 4 is 11.8 Å². The molecular weight excluding hydrogens is 247 g/mol. The maximum absolute atomic E-state index is 13.6. The number of halogens is 1. The molecule has 1 N–H and O–H groups in total. The predicted molar refractivity (Wildman–Crippen MR) is 69.3 cm³/mol. The second-order valence-corrected chi connectivity index (χ2v) is 4.75. The van der Waals surface area contributed by atoms with Crippen molar-refractivity contribution in [3.63, 3.8) is 0 Å². The van der Waals surface area contributed by atoms with Crippen LogP contribution in [-0.4, -0.2) is 36.3 Å². The molecule has 1 heterocycles. The van der Waals surface area contributed by atoms with E-state index in [0.717, 1.165) is 31.5 Å². The molecule has 102 valence electrons. The Balaban J connectivity index is 1.92. The smallest absolute Gasteiger partial charge is 0.254 e. The van der Waals surface area contributed by atoms with E-state index < -0.39 is 11.7 Å². The molecule has 1 aliphatic heterocycles. The van der Waals surface area contributed by atoms with Crippen molar-refractivity contribution in [1.82, 2.24) is 10.2 Å². The van der Waals surface area contributed by atoms with Gasteiger partial charge in [-0.1, -0.05) is 6.07 Å². The average molecular weight is 264 g/mol. The summed E-state index contributed by atoms with van der Waals surface area (Å²) in [5.74, 6) is -1.23. The summed E-state index contributed by atoms with van der Waals surface area (Å²) < 4.78 is 13.6. The Hall–Kier alpha value is -1.91. The van der Waals surface area contributed by atoms with Crippen LogP contribution in [0.15, 0.2) is 18.2 Å². The van der Waals surface area contributed by atoms with E-state index in [4.69, 9.17) is 0 Å². The first-order chi connectivity index (χ1) is 9.08. The zero-order valence-electron chi connectivity index (χ0n) is 10.9. The molecule has 0 saturated carbocycles. The minimum Gasteiger partial charge on any atom is -0.343 e. The number of rotatable bonds is 3. The lowest BCUT2D eigenvalue weighted by Crippen LogP contribution is -2.38. The number of aryl methyl sites for hydroxylation is 1. The standard InChI is InChI=1S/C14H17FN2O2/c1-10-4-5-11(12(15)8-10)14(19)16-9-13(18)17-6-2-3-7-17/h4-5,8H,2-3,6-7,9H2,1H3,(H,16,19). The van der Waals surface area contributed by atoms with Gasteiger partial charge >= 0.3 is 0 Å². The van der Waals surface area contributed by atoms with Crippen LogP contribution < -0.4 is 5.32 Å². The van der Waals surface area contributed by atoms with E-state index in [2.05, 4.69) is 5.32 Å². The van der Waals surface area contributed by atoms with Crippen molar-refractivity contribution in [2.45, 2.75) is 19.8 Å². The zero-order valence-corrected chi connectivity index (χ0v) is 10.9. The van der Waals surface area contributed by atoms with Crippen molar-refractivity contribution in [1.29, 1.82) is 0 Å². The minimum absolute atomic E-state index is 0.0279. The molecule has 19 heavy (non-hydrogen) atoms. The molecule has 0 radical (unpaired) electrons. The topological polar surface area (TPSA) is 49.4 Å². The average Bonchev–Trinajstić information content (AvgIpc) is 2.89. The Bertz CT molecular complexity index is 496. The second-order valence-electron chi connectivity index (χ2n) is 4.75. The normalized spacial score (nSPS) is 14.5. The number of nitrogens with zero attached hydrogens (tertiary/aromatic N) is 1. The van der Waals surface area contributed by atoms with Crippen LogP contribution in [0.1, 0.15) is 28.8 Å². The van der Waals surface area contributed by atoms with Crippen LogP contribution in [0, 0.1) is 12.7 Å². The van der Waals surface area contributed by atoms with Gasteiger partial charge in [0.1, 0.15) is 5.82 Å². The summed E-state index contributed by atoms with van der Waals surface area (Å²) >= 11 is 0. The number of hydrogen-bond donors (Lipinski definition) is 1. The fourth-order valence-corrected chi connectivity index (χ4v) is 2.13. The van der Waals surface area contributed by atoms with Gasteiger partial charge in [0, 0.05) is 13.1 Å². The fraction of sp³-hybridized carbons (Fsp3) is 0.429. The third-order valence-electron chi connectivity index (χ3n) is 3.23. The summed E-state index contributed by atoms with van der Waals surface area (Å²) in [5.41, 5.74) is 0.724. The fourth-order valence-electron chi connectivity index (χ4n) is 2.13. The Morgan fingerprint density at radius 2 is 2.00 bits per heavy atom. The first kappa shape index (κ1) is 13.5. The number of carbonyl (C=O) groups excluding carboxylic acids is 2. The van der Waals surface area contributed by atoms with Crippen LogP contribution >= 0.6 is 0 Å². The number of amides is 2. The van der Waals surface area contributed by atoms with Crippen molar-refractivity contribution < 1.29 is 14.0 Å². The predicted octanol–water partition coefficient (Wildman–Crippen LogP) is 1.49. The highest BCUT2D eigenvalue weighted by Gasteiger charge is 2.19. The largest absolute Gasteiger partial charge is 0.343 e. The molecule has 1 fully saturated rings. The van der Waals surface area contributed by atoms with Gasteiger partial charge in [-0.25, -0.2) is 4.39 Å². The van der Waals surface area contributed by atoms with E-state index in [1.165, 1.54) is 12.1 Å². The minimum atomic E-state index is -0.564. The number of likely N-dealkylation sites (tertiary alicyclic amines) is 1. The van der Waals surface area contributed by atoms with Crippen molar-refractivity contribution in [2.75, 3.05) is 19.6 Å². The van der Waals surface area contributed by atoms with E-state index >= 15 is 0 Å². The Kier molecular flexibility index (Phi) is 4.14. The van der Waals surface area contributed by atoms with Crippen LogP contribution in [0.3, 0.4) is 0 Å². The molecule has 0 spiro atoms. The molecule has 5 heteroatoms. The highest BCUT2D eigenvalue weighted by Crippen LogP contribution is 2.10. The summed E-state index contributed by atoms with van der Waals surface area (Å²) in [5, 5.41) is 2.47. The molecule has 1 aliphatic rings. The van der Waals surface area contributed by atoms with Crippen LogP contribution in [0.25, 0.3) is 0 Å². The van der Waals surface area contributed by atoms with Gasteiger partial charge in [0.25, 0.3) is 5.91 Å². The van der Waals surface area contributed by atoms with Crippen LogP contribution in [0.2, 0.25) is 0 Å². The molecule has 0 aliphatic carbocycles. The first-order valence-corrected chi connectivity index (χ1v) is 6.40. The molecule has 0 bridgehead atoms. The molecule has 2 rings (SSSR count). The molecular formula is C14H17FN2O2. The van der Waals surface area contributed by atoms with Gasteiger partial charge in [0.05, 0.1) is 12.1 Å². The lowest BCUT2D eigenvalue weighted by molar-refractivity contribution is -0.129. The van der Waals surface area contributed by atoms with Crippen LogP contribution in [0.4, 0.5) is 4.39 Å². The van der Waals surface area contributed by atoms with Gasteiger partial charge in [-0.3, -0.25) is 9.59 Å². The highest BCUT2D eigenvalue weighted by molar-refractivity contribution is 5.96. The Labute approximate surface area is 111 Å². The number of nitrogens with one attached hydrogen (secondary N) is 1. The van der Waals surface area contributed by atoms with E-state index in [-0.39, 0.29) is 18.0 Å². The summed E-state index contributed by atoms with van der Waals surface area (Å²) in [6.07, 6.45) is 2.01. The van der Waals surface area contributed by atoms with Crippen LogP contribution in [-0.2, 0) is 4.79 Å². The maximum Gasteiger partial charge on any atom is 0.254 e. The van der Waals surface area contributed by atoms with E-state index in [1.54, 1.807) is 17.9 Å². The molecule has 0 aromatic heterocycles. The third-order valence-corrected chi connectivity index (χ3v) is 3.23. The van der Waals surface area contributed by atoms with Crippen molar-refractivity contribution in [3.05, 3.63) is 35.1 Å². The van der Waals surface area contributed by atoms with E-state index in [0.29, 0.717) is 0 Å². The zero-order chi connectivity index (χ0) is 13.8. The maximum atomic E-state index is 13.6. The van der Waals surface area contributed by atoms with Gasteiger partial charge in [-0.15, -0.1) is 0 Å². The summed E-state index contributed by atoms with van der Waals surface area (Å²) in [6, 6.07) is 4.40. The molecule has 4 nitrogen and oxygen atoms in total. The van der Waals surface area contributed by atoms with Gasteiger partial charge in [0.15, 0.2) is 0 Å². The third kappa shape index (κ3) is 3.30. The quantitative estimate of drug-likeness (QED) is 0.899. The molecule has 2 amide bonds. The first-order valence-electron chi connectivity index (χ1n) is 6.40. The molecule has 1 saturated heterocycles. The summed E-state index contributed by atoms with van der Waals surface area (Å²) in [4.78, 5) is 25.2. The SMILES string of the molecule is Cc1ccc(C(=O)NCC(=O)N2CCCC2)c(F)c1. The number of benzene rings is 1. The molecule has 1 aromatic carbocycles. The van der Waals surface area contributed by atoms with Crippen molar-refractivity contribution in [3.8, 4) is 0 Å². The monoisotopic (exact) mass is 264 g/mol. The van der Waals surface area contributed by atoms with Crippen LogP contribution in [0.5, 0.6) is 0 Å². The summed E-state index contributed by atoms with van der Waals surface area (Å²) in [7, 11) is 0.